The van der Waals surface area contributed by atoms with Crippen LogP contribution in [0.1, 0.15) is 17.4 Å². The van der Waals surface area contributed by atoms with Crippen LogP contribution < -0.4 is 5.73 Å². The zero-order valence-electron chi connectivity index (χ0n) is 11.5. The molecule has 0 saturated heterocycles. The predicted molar refractivity (Wildman–Crippen MR) is 79.2 cm³/mol. The van der Waals surface area contributed by atoms with Crippen LogP contribution in [0.2, 0.25) is 0 Å². The molecule has 2 N–H and O–H groups in total. The van der Waals surface area contributed by atoms with Crippen molar-refractivity contribution in [2.75, 3.05) is 12.3 Å². The number of pyridine rings is 1. The summed E-state index contributed by atoms with van der Waals surface area (Å²) >= 11 is 0. The first-order chi connectivity index (χ1) is 10.2. The van der Waals surface area contributed by atoms with Crippen molar-refractivity contribution in [2.45, 2.75) is 6.92 Å². The van der Waals surface area contributed by atoms with Crippen LogP contribution in [0.5, 0.6) is 0 Å². The summed E-state index contributed by atoms with van der Waals surface area (Å²) in [5.41, 5.74) is 7.77. The van der Waals surface area contributed by atoms with Crippen LogP contribution in [0, 0.1) is 0 Å². The van der Waals surface area contributed by atoms with Crippen LogP contribution in [0.3, 0.4) is 0 Å². The first-order valence-electron chi connectivity index (χ1n) is 6.57. The van der Waals surface area contributed by atoms with Crippen molar-refractivity contribution in [3.05, 3.63) is 48.3 Å². The van der Waals surface area contributed by atoms with Gasteiger partial charge in [-0.1, -0.05) is 6.07 Å². The Labute approximate surface area is 121 Å². The number of nitrogens with two attached hydrogens (primary N) is 1. The Bertz CT molecular complexity index is 805. The van der Waals surface area contributed by atoms with Gasteiger partial charge in [-0.25, -0.2) is 9.48 Å². The van der Waals surface area contributed by atoms with Crippen LogP contribution >= 0.6 is 0 Å². The van der Waals surface area contributed by atoms with Gasteiger partial charge in [0.15, 0.2) is 5.69 Å². The number of esters is 1. The van der Waals surface area contributed by atoms with E-state index in [1.54, 1.807) is 13.1 Å². The van der Waals surface area contributed by atoms with E-state index in [-0.39, 0.29) is 5.69 Å². The number of hydrogen-bond acceptors (Lipinski definition) is 5. The fraction of sp³-hybridized carbons (Fsp3) is 0.133. The summed E-state index contributed by atoms with van der Waals surface area (Å²) in [6.07, 6.45) is 1.72. The molecule has 106 valence electrons. The van der Waals surface area contributed by atoms with E-state index in [2.05, 4.69) is 10.1 Å². The Morgan fingerprint density at radius 2 is 2.19 bits per heavy atom. The average Bonchev–Trinajstić information content (AvgIpc) is 2.89. The van der Waals surface area contributed by atoms with E-state index in [0.717, 1.165) is 16.6 Å². The van der Waals surface area contributed by atoms with Crippen molar-refractivity contribution in [3.8, 4) is 5.69 Å². The number of aromatic nitrogens is 3. The molecule has 0 saturated carbocycles. The van der Waals surface area contributed by atoms with Crippen molar-refractivity contribution in [1.82, 2.24) is 14.8 Å². The molecule has 0 aliphatic heterocycles. The summed E-state index contributed by atoms with van der Waals surface area (Å²) in [6.45, 7) is 2.04. The number of ether oxygens (including phenoxy) is 1. The number of carbonyl (C=O) groups is 1. The molecule has 0 aliphatic rings. The first kappa shape index (κ1) is 13.1. The van der Waals surface area contributed by atoms with Crippen LogP contribution in [0.25, 0.3) is 16.6 Å². The molecule has 3 aromatic rings. The molecule has 0 unspecified atom stereocenters. The highest BCUT2D eigenvalue weighted by atomic mass is 16.5. The molecule has 0 radical (unpaired) electrons. The molecule has 2 aromatic heterocycles. The maximum Gasteiger partial charge on any atom is 0.358 e. The second-order valence-corrected chi connectivity index (χ2v) is 4.43. The van der Waals surface area contributed by atoms with E-state index in [9.17, 15) is 4.79 Å². The number of carbonyl (C=O) groups excluding carboxylic acids is 1. The van der Waals surface area contributed by atoms with Gasteiger partial charge in [0.25, 0.3) is 0 Å². The van der Waals surface area contributed by atoms with Gasteiger partial charge < -0.3 is 10.5 Å². The minimum atomic E-state index is -0.485. The fourth-order valence-electron chi connectivity index (χ4n) is 2.17. The lowest BCUT2D eigenvalue weighted by Gasteiger charge is -2.07. The van der Waals surface area contributed by atoms with Crippen LogP contribution in [-0.2, 0) is 4.74 Å². The van der Waals surface area contributed by atoms with Gasteiger partial charge in [0.05, 0.1) is 17.8 Å². The highest BCUT2D eigenvalue weighted by Crippen LogP contribution is 2.23. The number of nitrogens with zero attached hydrogens (tertiary/aromatic N) is 3. The topological polar surface area (TPSA) is 83.0 Å². The molecule has 21 heavy (non-hydrogen) atoms. The molecule has 0 atom stereocenters. The van der Waals surface area contributed by atoms with E-state index in [4.69, 9.17) is 10.5 Å². The third-order valence-electron chi connectivity index (χ3n) is 3.07. The third kappa shape index (κ3) is 2.31. The van der Waals surface area contributed by atoms with Gasteiger partial charge in [0.2, 0.25) is 0 Å². The minimum absolute atomic E-state index is 0.190. The Morgan fingerprint density at radius 1 is 1.33 bits per heavy atom. The van der Waals surface area contributed by atoms with Gasteiger partial charge in [-0.2, -0.15) is 5.10 Å². The molecule has 0 spiro atoms. The highest BCUT2D eigenvalue weighted by Gasteiger charge is 2.15. The van der Waals surface area contributed by atoms with Gasteiger partial charge in [-0.15, -0.1) is 0 Å². The first-order valence-corrected chi connectivity index (χ1v) is 6.57. The smallest absolute Gasteiger partial charge is 0.358 e. The van der Waals surface area contributed by atoms with Crippen molar-refractivity contribution in [3.63, 3.8) is 0 Å². The molecule has 0 aliphatic carbocycles. The Balaban J connectivity index is 2.13. The van der Waals surface area contributed by atoms with Crippen LogP contribution in [0.4, 0.5) is 5.82 Å². The number of fused-ring (bicyclic) bond motifs is 1. The maximum atomic E-state index is 11.7. The summed E-state index contributed by atoms with van der Waals surface area (Å²) in [5, 5.41) is 5.15. The van der Waals surface area contributed by atoms with Gasteiger partial charge >= 0.3 is 5.97 Å². The van der Waals surface area contributed by atoms with Crippen molar-refractivity contribution in [1.29, 1.82) is 0 Å². The number of anilines is 1. The lowest BCUT2D eigenvalue weighted by molar-refractivity contribution is 0.0519. The van der Waals surface area contributed by atoms with Crippen molar-refractivity contribution >= 4 is 22.7 Å². The Hall–Kier alpha value is -2.89. The normalized spacial score (nSPS) is 10.7. The standard InChI is InChI=1S/C15H14N4O2/c1-2-21-15(20)12-9-14(16)19(18-12)13-7-3-6-11-10(13)5-4-8-17-11/h3-9H,2,16H2,1H3. The summed E-state index contributed by atoms with van der Waals surface area (Å²) in [7, 11) is 0. The molecule has 2 heterocycles. The summed E-state index contributed by atoms with van der Waals surface area (Å²) in [6, 6.07) is 10.9. The number of benzene rings is 1. The van der Waals surface area contributed by atoms with Gasteiger partial charge in [0.1, 0.15) is 5.82 Å². The number of hydrogen-bond donors (Lipinski definition) is 1. The van der Waals surface area contributed by atoms with Crippen molar-refractivity contribution < 1.29 is 9.53 Å². The molecule has 0 amide bonds. The largest absolute Gasteiger partial charge is 0.461 e. The summed E-state index contributed by atoms with van der Waals surface area (Å²) < 4.78 is 6.46. The molecule has 0 bridgehead atoms. The van der Waals surface area contributed by atoms with E-state index in [1.165, 1.54) is 10.7 Å². The Morgan fingerprint density at radius 3 is 3.00 bits per heavy atom. The SMILES string of the molecule is CCOC(=O)c1cc(N)n(-c2cccc3ncccc23)n1. The van der Waals surface area contributed by atoms with Gasteiger partial charge in [-0.3, -0.25) is 4.98 Å². The molecule has 6 heteroatoms. The monoisotopic (exact) mass is 282 g/mol. The summed E-state index contributed by atoms with van der Waals surface area (Å²) in [5.74, 6) is -0.115. The number of nitrogen functional groups attached to an aromatic ring is 1. The van der Waals surface area contributed by atoms with Crippen LogP contribution in [0.15, 0.2) is 42.6 Å². The van der Waals surface area contributed by atoms with Crippen molar-refractivity contribution in [2.24, 2.45) is 0 Å². The van der Waals surface area contributed by atoms with E-state index in [0.29, 0.717) is 12.4 Å². The lowest BCUT2D eigenvalue weighted by Crippen LogP contribution is -2.07. The average molecular weight is 282 g/mol. The second-order valence-electron chi connectivity index (χ2n) is 4.43. The lowest BCUT2D eigenvalue weighted by atomic mass is 10.2. The fourth-order valence-corrected chi connectivity index (χ4v) is 2.17. The quantitative estimate of drug-likeness (QED) is 0.744. The molecule has 3 rings (SSSR count). The maximum absolute atomic E-state index is 11.7. The van der Waals surface area contributed by atoms with E-state index in [1.807, 2.05) is 30.3 Å². The predicted octanol–water partition coefficient (Wildman–Crippen LogP) is 2.18. The molecular weight excluding hydrogens is 268 g/mol. The van der Waals surface area contributed by atoms with Gasteiger partial charge in [-0.05, 0) is 31.2 Å². The zero-order valence-corrected chi connectivity index (χ0v) is 11.5. The molecule has 1 aromatic carbocycles. The number of rotatable bonds is 3. The minimum Gasteiger partial charge on any atom is -0.461 e. The van der Waals surface area contributed by atoms with Crippen LogP contribution in [-0.4, -0.2) is 27.3 Å². The highest BCUT2D eigenvalue weighted by molar-refractivity contribution is 5.90. The zero-order chi connectivity index (χ0) is 14.8. The molecule has 0 fully saturated rings. The van der Waals surface area contributed by atoms with Gasteiger partial charge in [0, 0.05) is 17.6 Å². The Kier molecular flexibility index (Phi) is 3.27. The summed E-state index contributed by atoms with van der Waals surface area (Å²) in [4.78, 5) is 16.0. The molecular formula is C15H14N4O2. The second kappa shape index (κ2) is 5.24. The van der Waals surface area contributed by atoms with E-state index >= 15 is 0 Å². The van der Waals surface area contributed by atoms with E-state index < -0.39 is 5.97 Å². The molecule has 6 nitrogen and oxygen atoms in total. The third-order valence-corrected chi connectivity index (χ3v) is 3.07.